The van der Waals surface area contributed by atoms with Gasteiger partial charge >= 0.3 is 0 Å². The second-order valence-corrected chi connectivity index (χ2v) is 3.40. The largest absolute Gasteiger partial charge is 0.372 e. The molecule has 0 heterocycles. The molecule has 16 heavy (non-hydrogen) atoms. The molecule has 4 heteroatoms. The van der Waals surface area contributed by atoms with E-state index >= 15 is 0 Å². The van der Waals surface area contributed by atoms with E-state index in [-0.39, 0.29) is 5.91 Å². The highest BCUT2D eigenvalue weighted by molar-refractivity contribution is 5.96. The third kappa shape index (κ3) is 2.38. The summed E-state index contributed by atoms with van der Waals surface area (Å²) in [6.45, 7) is 1.67. The number of amides is 1. The van der Waals surface area contributed by atoms with Crippen LogP contribution in [0.2, 0.25) is 0 Å². The average Bonchev–Trinajstić information content (AvgIpc) is 2.35. The Morgan fingerprint density at radius 3 is 2.69 bits per heavy atom. The van der Waals surface area contributed by atoms with Gasteiger partial charge in [-0.2, -0.15) is 5.26 Å². The number of para-hydroxylation sites is 1. The highest BCUT2D eigenvalue weighted by atomic mass is 16.5. The Kier molecular flexibility index (Phi) is 4.03. The summed E-state index contributed by atoms with van der Waals surface area (Å²) < 4.78 is 4.95. The minimum atomic E-state index is -0.517. The third-order valence-electron chi connectivity index (χ3n) is 2.42. The van der Waals surface area contributed by atoms with Crippen molar-refractivity contribution in [2.24, 2.45) is 0 Å². The van der Waals surface area contributed by atoms with Crippen molar-refractivity contribution in [2.75, 3.05) is 19.1 Å². The number of ether oxygens (including phenoxy) is 1. The molecule has 0 spiro atoms. The lowest BCUT2D eigenvalue weighted by molar-refractivity contribution is -0.127. The van der Waals surface area contributed by atoms with E-state index < -0.39 is 6.10 Å². The Hall–Kier alpha value is -1.86. The Balaban J connectivity index is 3.01. The molecule has 84 valence electrons. The number of methoxy groups -OCH3 is 1. The van der Waals surface area contributed by atoms with Crippen molar-refractivity contribution in [2.45, 2.75) is 13.0 Å². The molecule has 0 radical (unpaired) electrons. The van der Waals surface area contributed by atoms with Crippen LogP contribution in [0.15, 0.2) is 24.3 Å². The fraction of sp³-hybridized carbons (Fsp3) is 0.333. The number of hydrogen-bond donors (Lipinski definition) is 0. The summed E-state index contributed by atoms with van der Waals surface area (Å²) in [6.07, 6.45) is -0.517. The number of nitrogens with zero attached hydrogens (tertiary/aromatic N) is 2. The van der Waals surface area contributed by atoms with Crippen LogP contribution in [0.25, 0.3) is 0 Å². The van der Waals surface area contributed by atoms with Crippen molar-refractivity contribution in [3.63, 3.8) is 0 Å². The van der Waals surface area contributed by atoms with E-state index in [1.54, 1.807) is 38.2 Å². The van der Waals surface area contributed by atoms with E-state index in [1.807, 2.05) is 0 Å². The van der Waals surface area contributed by atoms with Gasteiger partial charge in [0.1, 0.15) is 12.2 Å². The molecular formula is C12H14N2O2. The van der Waals surface area contributed by atoms with Crippen molar-refractivity contribution in [1.82, 2.24) is 0 Å². The van der Waals surface area contributed by atoms with Crippen LogP contribution in [0.4, 0.5) is 5.69 Å². The summed E-state index contributed by atoms with van der Waals surface area (Å²) in [5.74, 6) is -0.176. The van der Waals surface area contributed by atoms with Gasteiger partial charge in [-0.1, -0.05) is 12.1 Å². The van der Waals surface area contributed by atoms with Crippen LogP contribution in [0.3, 0.4) is 0 Å². The predicted molar refractivity (Wildman–Crippen MR) is 61.0 cm³/mol. The Morgan fingerprint density at radius 2 is 2.12 bits per heavy atom. The maximum Gasteiger partial charge on any atom is 0.255 e. The minimum Gasteiger partial charge on any atom is -0.372 e. The molecule has 0 bridgehead atoms. The van der Waals surface area contributed by atoms with Gasteiger partial charge < -0.3 is 9.64 Å². The molecular weight excluding hydrogens is 204 g/mol. The quantitative estimate of drug-likeness (QED) is 0.773. The van der Waals surface area contributed by atoms with Crippen molar-refractivity contribution in [1.29, 1.82) is 5.26 Å². The molecule has 0 saturated heterocycles. The number of carbonyl (C=O) groups is 1. The summed E-state index contributed by atoms with van der Waals surface area (Å²) in [5.41, 5.74) is 1.07. The topological polar surface area (TPSA) is 53.3 Å². The maximum atomic E-state index is 11.8. The lowest BCUT2D eigenvalue weighted by atomic mass is 10.1. The van der Waals surface area contributed by atoms with E-state index in [9.17, 15) is 4.79 Å². The van der Waals surface area contributed by atoms with Gasteiger partial charge in [-0.15, -0.1) is 0 Å². The van der Waals surface area contributed by atoms with Gasteiger partial charge in [-0.3, -0.25) is 4.79 Å². The first-order valence-corrected chi connectivity index (χ1v) is 4.91. The predicted octanol–water partition coefficient (Wildman–Crippen LogP) is 1.56. The first-order chi connectivity index (χ1) is 7.61. The van der Waals surface area contributed by atoms with Crippen LogP contribution in [0.1, 0.15) is 12.5 Å². The number of benzene rings is 1. The summed E-state index contributed by atoms with van der Waals surface area (Å²) in [7, 11) is 3.11. The number of likely N-dealkylation sites (N-methyl/N-ethyl adjacent to an activating group) is 1. The Labute approximate surface area is 95.0 Å². The van der Waals surface area contributed by atoms with E-state index in [0.717, 1.165) is 0 Å². The van der Waals surface area contributed by atoms with Crippen molar-refractivity contribution in [3.05, 3.63) is 29.8 Å². The van der Waals surface area contributed by atoms with Crippen LogP contribution >= 0.6 is 0 Å². The fourth-order valence-corrected chi connectivity index (χ4v) is 1.35. The molecule has 1 aromatic carbocycles. The Morgan fingerprint density at radius 1 is 1.50 bits per heavy atom. The average molecular weight is 218 g/mol. The van der Waals surface area contributed by atoms with Gasteiger partial charge in [0.25, 0.3) is 5.91 Å². The maximum absolute atomic E-state index is 11.8. The standard InChI is InChI=1S/C12H14N2O2/c1-9(16-3)12(15)14(2)11-7-5-4-6-10(11)8-13/h4-7,9H,1-3H3. The van der Waals surface area contributed by atoms with Gasteiger partial charge in [0.15, 0.2) is 0 Å². The van der Waals surface area contributed by atoms with Gasteiger partial charge in [-0.05, 0) is 19.1 Å². The number of hydrogen-bond acceptors (Lipinski definition) is 3. The summed E-state index contributed by atoms with van der Waals surface area (Å²) >= 11 is 0. The third-order valence-corrected chi connectivity index (χ3v) is 2.42. The number of rotatable bonds is 3. The number of anilines is 1. The molecule has 0 fully saturated rings. The molecule has 0 saturated carbocycles. The van der Waals surface area contributed by atoms with Crippen LogP contribution < -0.4 is 4.90 Å². The first-order valence-electron chi connectivity index (χ1n) is 4.91. The molecule has 1 amide bonds. The SMILES string of the molecule is COC(C)C(=O)N(C)c1ccccc1C#N. The monoisotopic (exact) mass is 218 g/mol. The van der Waals surface area contributed by atoms with Crippen LogP contribution in [-0.4, -0.2) is 26.2 Å². The summed E-state index contributed by atoms with van der Waals surface area (Å²) in [4.78, 5) is 13.3. The van der Waals surface area contributed by atoms with E-state index in [1.165, 1.54) is 12.0 Å². The second-order valence-electron chi connectivity index (χ2n) is 3.40. The van der Waals surface area contributed by atoms with Gasteiger partial charge in [0.2, 0.25) is 0 Å². The van der Waals surface area contributed by atoms with Crippen molar-refractivity contribution in [3.8, 4) is 6.07 Å². The van der Waals surface area contributed by atoms with Gasteiger partial charge in [0.05, 0.1) is 11.3 Å². The Bertz CT molecular complexity index is 423. The fourth-order valence-electron chi connectivity index (χ4n) is 1.35. The van der Waals surface area contributed by atoms with E-state index in [2.05, 4.69) is 6.07 Å². The van der Waals surface area contributed by atoms with Crippen LogP contribution in [0, 0.1) is 11.3 Å². The zero-order valence-electron chi connectivity index (χ0n) is 9.60. The minimum absolute atomic E-state index is 0.176. The molecule has 1 aromatic rings. The molecule has 1 rings (SSSR count). The molecule has 0 aliphatic heterocycles. The lowest BCUT2D eigenvalue weighted by Gasteiger charge is -2.21. The number of nitriles is 1. The summed E-state index contributed by atoms with van der Waals surface area (Å²) in [6, 6.07) is 9.02. The van der Waals surface area contributed by atoms with Crippen LogP contribution in [0.5, 0.6) is 0 Å². The van der Waals surface area contributed by atoms with E-state index in [0.29, 0.717) is 11.3 Å². The van der Waals surface area contributed by atoms with Crippen LogP contribution in [-0.2, 0) is 9.53 Å². The second kappa shape index (κ2) is 5.29. The highest BCUT2D eigenvalue weighted by Crippen LogP contribution is 2.19. The molecule has 0 aliphatic rings. The van der Waals surface area contributed by atoms with Crippen molar-refractivity contribution < 1.29 is 9.53 Å². The normalized spacial score (nSPS) is 11.6. The molecule has 1 unspecified atom stereocenters. The first kappa shape index (κ1) is 12.2. The van der Waals surface area contributed by atoms with Gasteiger partial charge in [0, 0.05) is 14.2 Å². The van der Waals surface area contributed by atoms with Gasteiger partial charge in [-0.25, -0.2) is 0 Å². The zero-order chi connectivity index (χ0) is 12.1. The molecule has 4 nitrogen and oxygen atoms in total. The number of carbonyl (C=O) groups excluding carboxylic acids is 1. The molecule has 0 aliphatic carbocycles. The molecule has 0 N–H and O–H groups in total. The molecule has 0 aromatic heterocycles. The lowest BCUT2D eigenvalue weighted by Crippen LogP contribution is -2.36. The zero-order valence-corrected chi connectivity index (χ0v) is 9.60. The smallest absolute Gasteiger partial charge is 0.255 e. The summed E-state index contributed by atoms with van der Waals surface area (Å²) in [5, 5.41) is 8.93. The highest BCUT2D eigenvalue weighted by Gasteiger charge is 2.19. The van der Waals surface area contributed by atoms with E-state index in [4.69, 9.17) is 10.00 Å². The van der Waals surface area contributed by atoms with Crippen molar-refractivity contribution >= 4 is 11.6 Å². The molecule has 1 atom stereocenters.